The summed E-state index contributed by atoms with van der Waals surface area (Å²) in [5, 5.41) is 0. The largest absolute Gasteiger partial charge is 0.378 e. The zero-order chi connectivity index (χ0) is 14.0. The molecule has 0 saturated carbocycles. The maximum absolute atomic E-state index is 5.98. The van der Waals surface area contributed by atoms with E-state index >= 15 is 0 Å². The minimum Gasteiger partial charge on any atom is -0.378 e. The van der Waals surface area contributed by atoms with Gasteiger partial charge >= 0.3 is 0 Å². The van der Waals surface area contributed by atoms with Crippen LogP contribution in [0.3, 0.4) is 0 Å². The van der Waals surface area contributed by atoms with Crippen molar-refractivity contribution in [2.45, 2.75) is 32.3 Å². The first-order chi connectivity index (χ1) is 9.67. The number of morpholine rings is 1. The predicted octanol–water partition coefficient (Wildman–Crippen LogP) is 2.28. The Bertz CT molecular complexity index is 456. The number of aromatic nitrogens is 1. The number of anilines is 1. The summed E-state index contributed by atoms with van der Waals surface area (Å²) in [5.41, 5.74) is 1.08. The Morgan fingerprint density at radius 2 is 2.25 bits per heavy atom. The van der Waals surface area contributed by atoms with E-state index < -0.39 is 0 Å². The van der Waals surface area contributed by atoms with Crippen molar-refractivity contribution in [2.24, 2.45) is 5.92 Å². The molecular formula is C16H24N2O2. The molecular weight excluding hydrogens is 252 g/mol. The third-order valence-electron chi connectivity index (χ3n) is 4.05. The fraction of sp³-hybridized carbons (Fsp3) is 0.688. The van der Waals surface area contributed by atoms with Gasteiger partial charge in [0.2, 0.25) is 0 Å². The van der Waals surface area contributed by atoms with Crippen molar-refractivity contribution in [3.63, 3.8) is 0 Å². The Morgan fingerprint density at radius 3 is 3.00 bits per heavy atom. The van der Waals surface area contributed by atoms with Crippen molar-refractivity contribution < 1.29 is 9.47 Å². The van der Waals surface area contributed by atoms with Crippen LogP contribution < -0.4 is 4.90 Å². The normalized spacial score (nSPS) is 26.6. The van der Waals surface area contributed by atoms with Crippen molar-refractivity contribution in [3.8, 4) is 0 Å². The summed E-state index contributed by atoms with van der Waals surface area (Å²) in [7, 11) is 0. The number of nitrogens with zero attached hydrogens (tertiary/aromatic N) is 2. The van der Waals surface area contributed by atoms with Crippen LogP contribution in [0.2, 0.25) is 0 Å². The van der Waals surface area contributed by atoms with E-state index in [9.17, 15) is 0 Å². The number of pyridine rings is 1. The van der Waals surface area contributed by atoms with Crippen LogP contribution in [0.1, 0.15) is 26.0 Å². The number of rotatable bonds is 3. The molecule has 2 fully saturated rings. The van der Waals surface area contributed by atoms with Gasteiger partial charge in [-0.25, -0.2) is 4.98 Å². The van der Waals surface area contributed by atoms with Gasteiger partial charge in [-0.15, -0.1) is 0 Å². The second-order valence-corrected chi connectivity index (χ2v) is 6.34. The summed E-state index contributed by atoms with van der Waals surface area (Å²) in [6.07, 6.45) is 2.03. The summed E-state index contributed by atoms with van der Waals surface area (Å²) < 4.78 is 11.5. The fourth-order valence-corrected chi connectivity index (χ4v) is 3.04. The van der Waals surface area contributed by atoms with E-state index in [-0.39, 0.29) is 5.60 Å². The minimum absolute atomic E-state index is 0.103. The molecule has 1 atom stereocenters. The highest BCUT2D eigenvalue weighted by atomic mass is 16.6. The Balaban J connectivity index is 1.74. The van der Waals surface area contributed by atoms with Crippen molar-refractivity contribution in [1.82, 2.24) is 4.98 Å². The van der Waals surface area contributed by atoms with E-state index in [0.29, 0.717) is 5.92 Å². The molecule has 0 radical (unpaired) electrons. The zero-order valence-electron chi connectivity index (χ0n) is 12.5. The van der Waals surface area contributed by atoms with Gasteiger partial charge in [0.25, 0.3) is 0 Å². The van der Waals surface area contributed by atoms with Gasteiger partial charge in [0, 0.05) is 25.3 Å². The number of hydrogen-bond donors (Lipinski definition) is 0. The van der Waals surface area contributed by atoms with Gasteiger partial charge in [0.1, 0.15) is 11.4 Å². The molecule has 110 valence electrons. The van der Waals surface area contributed by atoms with Gasteiger partial charge in [-0.2, -0.15) is 0 Å². The first kappa shape index (κ1) is 13.8. The lowest BCUT2D eigenvalue weighted by Gasteiger charge is -2.40. The van der Waals surface area contributed by atoms with Crippen molar-refractivity contribution >= 4 is 5.82 Å². The molecule has 4 nitrogen and oxygen atoms in total. The van der Waals surface area contributed by atoms with E-state index in [1.165, 1.54) is 5.69 Å². The summed E-state index contributed by atoms with van der Waals surface area (Å²) >= 11 is 0. The predicted molar refractivity (Wildman–Crippen MR) is 79.1 cm³/mol. The van der Waals surface area contributed by atoms with E-state index in [4.69, 9.17) is 14.5 Å². The molecule has 0 N–H and O–H groups in total. The fourth-order valence-electron chi connectivity index (χ4n) is 3.04. The topological polar surface area (TPSA) is 34.6 Å². The van der Waals surface area contributed by atoms with E-state index in [0.717, 1.165) is 51.6 Å². The molecule has 0 aromatic carbocycles. The SMILES string of the molecule is CC(C)Cc1cccc(N2CCO[C@]3(CCOC3)C2)n1. The minimum atomic E-state index is -0.103. The van der Waals surface area contributed by atoms with Gasteiger partial charge in [0.15, 0.2) is 0 Å². The molecule has 1 aromatic heterocycles. The van der Waals surface area contributed by atoms with Gasteiger partial charge < -0.3 is 14.4 Å². The van der Waals surface area contributed by atoms with E-state index in [1.54, 1.807) is 0 Å². The average molecular weight is 276 g/mol. The molecule has 3 heterocycles. The van der Waals surface area contributed by atoms with Crippen molar-refractivity contribution in [2.75, 3.05) is 37.8 Å². The first-order valence-electron chi connectivity index (χ1n) is 7.59. The van der Waals surface area contributed by atoms with Crippen LogP contribution in [0.4, 0.5) is 5.82 Å². The molecule has 3 rings (SSSR count). The van der Waals surface area contributed by atoms with Gasteiger partial charge in [-0.1, -0.05) is 19.9 Å². The summed E-state index contributed by atoms with van der Waals surface area (Å²) in [5.74, 6) is 1.72. The Kier molecular flexibility index (Phi) is 3.94. The number of hydrogen-bond acceptors (Lipinski definition) is 4. The van der Waals surface area contributed by atoms with Crippen LogP contribution >= 0.6 is 0 Å². The van der Waals surface area contributed by atoms with Crippen LogP contribution in [0.5, 0.6) is 0 Å². The molecule has 0 amide bonds. The summed E-state index contributed by atoms with van der Waals surface area (Å²) in [4.78, 5) is 7.17. The lowest BCUT2D eigenvalue weighted by atomic mass is 10.0. The van der Waals surface area contributed by atoms with Crippen molar-refractivity contribution in [3.05, 3.63) is 23.9 Å². The van der Waals surface area contributed by atoms with E-state index in [1.807, 2.05) is 0 Å². The molecule has 1 aromatic rings. The highest BCUT2D eigenvalue weighted by molar-refractivity contribution is 5.40. The van der Waals surface area contributed by atoms with Gasteiger partial charge in [-0.3, -0.25) is 0 Å². The molecule has 1 spiro atoms. The van der Waals surface area contributed by atoms with Crippen LogP contribution in [0, 0.1) is 5.92 Å². The van der Waals surface area contributed by atoms with Crippen LogP contribution in [0.15, 0.2) is 18.2 Å². The number of ether oxygens (including phenoxy) is 2. The average Bonchev–Trinajstić information content (AvgIpc) is 2.86. The van der Waals surface area contributed by atoms with Crippen molar-refractivity contribution in [1.29, 1.82) is 0 Å². The zero-order valence-corrected chi connectivity index (χ0v) is 12.5. The third kappa shape index (κ3) is 2.96. The molecule has 0 aliphatic carbocycles. The Hall–Kier alpha value is -1.13. The smallest absolute Gasteiger partial charge is 0.128 e. The molecule has 20 heavy (non-hydrogen) atoms. The Morgan fingerprint density at radius 1 is 1.35 bits per heavy atom. The lowest BCUT2D eigenvalue weighted by molar-refractivity contribution is -0.0581. The lowest BCUT2D eigenvalue weighted by Crippen LogP contribution is -2.52. The maximum Gasteiger partial charge on any atom is 0.128 e. The summed E-state index contributed by atoms with van der Waals surface area (Å²) in [6.45, 7) is 8.57. The maximum atomic E-state index is 5.98. The van der Waals surface area contributed by atoms with Crippen LogP contribution in [0.25, 0.3) is 0 Å². The first-order valence-corrected chi connectivity index (χ1v) is 7.59. The second kappa shape index (κ2) is 5.70. The van der Waals surface area contributed by atoms with Gasteiger partial charge in [0.05, 0.1) is 19.8 Å². The highest BCUT2D eigenvalue weighted by Crippen LogP contribution is 2.29. The van der Waals surface area contributed by atoms with E-state index in [2.05, 4.69) is 36.9 Å². The third-order valence-corrected chi connectivity index (χ3v) is 4.05. The monoisotopic (exact) mass is 276 g/mol. The molecule has 2 aliphatic rings. The molecule has 0 bridgehead atoms. The van der Waals surface area contributed by atoms with Crippen LogP contribution in [-0.2, 0) is 15.9 Å². The van der Waals surface area contributed by atoms with Gasteiger partial charge in [-0.05, 0) is 24.5 Å². The molecule has 2 saturated heterocycles. The molecule has 2 aliphatic heterocycles. The molecule has 0 unspecified atom stereocenters. The standard InChI is InChI=1S/C16H24N2O2/c1-13(2)10-14-4-3-5-15(17-14)18-7-9-20-16(11-18)6-8-19-12-16/h3-5,13H,6-12H2,1-2H3/t16-/m1/s1. The Labute approximate surface area is 121 Å². The summed E-state index contributed by atoms with van der Waals surface area (Å²) in [6, 6.07) is 6.35. The highest BCUT2D eigenvalue weighted by Gasteiger charge is 2.40. The van der Waals surface area contributed by atoms with Crippen LogP contribution in [-0.4, -0.2) is 43.5 Å². The second-order valence-electron chi connectivity index (χ2n) is 6.34. The molecule has 4 heteroatoms. The quantitative estimate of drug-likeness (QED) is 0.848.